The molecule has 20 aliphatic carbocycles. The van der Waals surface area contributed by atoms with E-state index in [4.69, 9.17) is 33.5 Å². The zero-order valence-electron chi connectivity index (χ0n) is 84.4. The van der Waals surface area contributed by atoms with Gasteiger partial charge >= 0.3 is 11.3 Å². The van der Waals surface area contributed by atoms with Gasteiger partial charge in [0.15, 0.2) is 23.1 Å². The van der Waals surface area contributed by atoms with Crippen LogP contribution in [-0.4, -0.2) is 69.0 Å². The molecule has 8 saturated carbocycles. The zero-order chi connectivity index (χ0) is 99.0. The van der Waals surface area contributed by atoms with Crippen LogP contribution in [0.1, 0.15) is 321 Å². The zero-order valence-corrected chi connectivity index (χ0v) is 84.4. The number of carbonyl (C=O) groups excluding carboxylic acids is 7. The molecule has 0 aromatic carbocycles. The standard InChI is InChI=1S/C26H32O3.C26H30O3.C24H28O3.C20H26O2.C19H22O2.C5H6O.C2H2.CO.CH4/c2*1-5-26(28)13-10-21-23-19(22-7-6-16(2)29-22)15-17-14-18(27)8-11-24(17,3)20(23)9-12-25(21,26)4;1-14-4-6-20(27-14)17-13-15-12-16(25)8-10-23(15,2)19-9-11-24(3)18(22(17)19)5-7-21(24)26;1-19-10-8-14(22-3)12-13(19)4-5-15-16-6-7-18(21)20(16,2)11-9-17(15)19;1-18-9-7-13(20)11-12(18)3-4-14-15-5-6-17(21)19(15,2)10-8-16(14)18;1-5-3-2-4-6-5;2*1-2;/h5-7,9,14,19,21,23,28H,1,8,10-13,15H2,2-4H3;1,6-7,9,14,19,21,23,28H,8,10-13,15H2,2-4H3;4,6,9,12,17-18,22H,5,7-8,10-11,13H2,1-3H3;4,9,12,15-16H,5-8,10-11H2,1-3H3;3-4,8,11,14-15H,5-7,9-10H2,1-2H3;2-4H,1H3;1-2H;;1H4/t2*19?,21?,23?,24-,25-,26-;17?,18?,22?,23-,24-;15?,16?,19-,20-;14?,15?,18-,19-;;;;/m00000..../s1. The fourth-order valence-electron chi connectivity index (χ4n) is 31.8. The Balaban J connectivity index is 0.000000123. The van der Waals surface area contributed by atoms with Crippen LogP contribution in [0.4, 0.5) is 0 Å². The van der Waals surface area contributed by atoms with Crippen molar-refractivity contribution in [3.05, 3.63) is 255 Å². The number of methoxy groups -OCH3 is 1. The Bertz CT molecular complexity index is 6080. The Labute approximate surface area is 826 Å². The van der Waals surface area contributed by atoms with Gasteiger partial charge in [0.1, 0.15) is 63.3 Å². The summed E-state index contributed by atoms with van der Waals surface area (Å²) < 4.78 is 36.2. The summed E-state index contributed by atoms with van der Waals surface area (Å²) in [7, 11) is 1.77. The van der Waals surface area contributed by atoms with E-state index < -0.39 is 11.2 Å². The van der Waals surface area contributed by atoms with Crippen molar-refractivity contribution in [1.82, 2.24) is 0 Å². The number of hydrogen-bond acceptors (Lipinski definition) is 14. The number of aryl methyl sites for hydroxylation is 4. The third-order valence-corrected chi connectivity index (χ3v) is 40.6. The van der Waals surface area contributed by atoms with Crippen LogP contribution in [0.25, 0.3) is 0 Å². The molecular weight excluding hydrogens is 1730 g/mol. The summed E-state index contributed by atoms with van der Waals surface area (Å²) in [6.45, 7) is 39.0. The number of carbonyl (C=O) groups is 7. The number of ether oxygens (including phenoxy) is 1. The second-order valence-electron chi connectivity index (χ2n) is 46.9. The molecule has 20 aliphatic rings. The quantitative estimate of drug-likeness (QED) is 0.0817. The maximum atomic E-state index is 12.7. The van der Waals surface area contributed by atoms with Gasteiger partial charge in [-0.3, -0.25) is 33.6 Å². The van der Waals surface area contributed by atoms with Crippen molar-refractivity contribution >= 4 is 40.5 Å². The van der Waals surface area contributed by atoms with Crippen LogP contribution in [0, 0.1) is 173 Å². The molecule has 2 N–H and O–H groups in total. The molecule has 4 aromatic rings. The number of aliphatic hydroxyl groups is 2. The summed E-state index contributed by atoms with van der Waals surface area (Å²) in [6.07, 6.45) is 70.9. The summed E-state index contributed by atoms with van der Waals surface area (Å²) in [4.78, 5) is 85.8. The molecule has 0 aliphatic heterocycles. The SMILES string of the molecule is C.C#C.C#C[C@]1(O)CCC2C3C(=CC[C@@]21C)[C@@]1(C)CCC(=O)C=C1CC3c1ccc(C)o1.C=C[C@]1(O)CCC2C3C(=CC[C@@]21C)[C@@]1(C)CCC(=O)C=C1CC3c1ccc(C)o1.COC1=CC2=CCC3C(=CC[C@]4(C)C(=O)CCC34)[C@@]2(C)CC1.C[C@]12CCC(=O)C=C1C=CC1C2=CC[C@]2(C)C(=O)CCC12.Cc1ccc(C2CC3=CC(=O)CC[C@]3(C)C3=CC[C@]4(C)C(=O)CCC4C32)o1.Cc1ccco1.[C-]#[O+]. The monoisotopic (exact) mass is 1880 g/mol. The van der Waals surface area contributed by atoms with E-state index in [1.54, 1.807) is 25.0 Å². The van der Waals surface area contributed by atoms with Crippen molar-refractivity contribution in [2.75, 3.05) is 7.11 Å². The van der Waals surface area contributed by atoms with E-state index in [9.17, 15) is 43.8 Å². The van der Waals surface area contributed by atoms with Crippen molar-refractivity contribution in [2.24, 2.45) is 113 Å². The van der Waals surface area contributed by atoms with Gasteiger partial charge in [-0.05, 0) is 306 Å². The number of ketones is 7. The average Bonchev–Trinajstić information content (AvgIpc) is 1.53. The van der Waals surface area contributed by atoms with Gasteiger partial charge in [-0.1, -0.05) is 182 Å². The van der Waals surface area contributed by atoms with E-state index in [-0.39, 0.29) is 108 Å². The van der Waals surface area contributed by atoms with Gasteiger partial charge in [-0.2, -0.15) is 0 Å². The van der Waals surface area contributed by atoms with Crippen molar-refractivity contribution in [3.8, 4) is 25.2 Å². The molecule has 8 fully saturated rings. The summed E-state index contributed by atoms with van der Waals surface area (Å²) in [5, 5.41) is 22.7. The van der Waals surface area contributed by atoms with Crippen molar-refractivity contribution < 1.29 is 70.8 Å². The molecule has 4 heterocycles. The third-order valence-electron chi connectivity index (χ3n) is 40.6. The predicted molar refractivity (Wildman–Crippen MR) is 541 cm³/mol. The van der Waals surface area contributed by atoms with Gasteiger partial charge in [0, 0.05) is 129 Å². The third kappa shape index (κ3) is 16.5. The summed E-state index contributed by atoms with van der Waals surface area (Å²) in [6, 6.07) is 16.2. The number of fused-ring (bicyclic) bond motifs is 25. The van der Waals surface area contributed by atoms with E-state index in [1.807, 2.05) is 82.3 Å². The Kier molecular flexibility index (Phi) is 27.7. The molecule has 13 unspecified atom stereocenters. The van der Waals surface area contributed by atoms with Crippen LogP contribution in [0.15, 0.2) is 226 Å². The van der Waals surface area contributed by atoms with Crippen molar-refractivity contribution in [1.29, 1.82) is 0 Å². The molecule has 0 radical (unpaired) electrons. The van der Waals surface area contributed by atoms with Crippen LogP contribution in [0.5, 0.6) is 0 Å². The van der Waals surface area contributed by atoms with Gasteiger partial charge in [-0.25, -0.2) is 0 Å². The number of rotatable bonds is 5. The molecule has 0 amide bonds. The first-order valence-corrected chi connectivity index (χ1v) is 51.6. The Morgan fingerprint density at radius 3 is 1.29 bits per heavy atom. The van der Waals surface area contributed by atoms with Crippen LogP contribution in [0.2, 0.25) is 0 Å². The van der Waals surface area contributed by atoms with Crippen LogP contribution in [0.3, 0.4) is 0 Å². The molecule has 139 heavy (non-hydrogen) atoms. The van der Waals surface area contributed by atoms with E-state index in [0.29, 0.717) is 109 Å². The van der Waals surface area contributed by atoms with Crippen LogP contribution < -0.4 is 0 Å². The molecule has 0 spiro atoms. The topological polar surface area (TPSA) is 242 Å². The molecular formula is C124H150O15. The molecule has 0 bridgehead atoms. The van der Waals surface area contributed by atoms with E-state index >= 15 is 0 Å². The fourth-order valence-corrected chi connectivity index (χ4v) is 31.8. The van der Waals surface area contributed by atoms with Crippen molar-refractivity contribution in [2.45, 2.75) is 320 Å². The van der Waals surface area contributed by atoms with Crippen LogP contribution in [-0.2, 0) is 43.0 Å². The van der Waals surface area contributed by atoms with E-state index in [1.165, 1.54) is 50.2 Å². The number of terminal acetylenes is 2. The average molecular weight is 1880 g/mol. The molecule has 0 saturated heterocycles. The van der Waals surface area contributed by atoms with E-state index in [0.717, 1.165) is 194 Å². The Hall–Kier alpha value is -9.99. The first-order valence-electron chi connectivity index (χ1n) is 51.6. The van der Waals surface area contributed by atoms with Gasteiger partial charge < -0.3 is 32.6 Å². The Morgan fingerprint density at radius 1 is 0.439 bits per heavy atom. The molecule has 4 aromatic heterocycles. The minimum absolute atomic E-state index is 0. The van der Waals surface area contributed by atoms with Crippen molar-refractivity contribution in [3.63, 3.8) is 0 Å². The fraction of sp³-hybridized carbons (Fsp3) is 0.565. The molecule has 24 rings (SSSR count). The molecule has 15 nitrogen and oxygen atoms in total. The summed E-state index contributed by atoms with van der Waals surface area (Å²) in [5.74, 6) is 17.7. The number of Topliss-reactive ketones (excluding diaryl/α,β-unsaturated/α-hetero) is 3. The molecule has 736 valence electrons. The van der Waals surface area contributed by atoms with Gasteiger partial charge in [0.05, 0.1) is 24.7 Å². The first kappa shape index (κ1) is 102. The number of allylic oxidation sites excluding steroid dienone is 24. The van der Waals surface area contributed by atoms with Gasteiger partial charge in [0.25, 0.3) is 0 Å². The molecule has 15 heteroatoms. The molecule has 25 atom stereocenters. The second kappa shape index (κ2) is 37.7. The normalized spacial score (nSPS) is 40.2. The summed E-state index contributed by atoms with van der Waals surface area (Å²) in [5.41, 5.74) is 11.1. The van der Waals surface area contributed by atoms with E-state index in [2.05, 4.69) is 174 Å². The summed E-state index contributed by atoms with van der Waals surface area (Å²) >= 11 is 0. The van der Waals surface area contributed by atoms with Crippen LogP contribution >= 0.6 is 0 Å². The second-order valence-corrected chi connectivity index (χ2v) is 46.9. The maximum absolute atomic E-state index is 12.7. The predicted octanol–water partition coefficient (Wildman–Crippen LogP) is 26.8. The van der Waals surface area contributed by atoms with Gasteiger partial charge in [-0.15, -0.1) is 25.8 Å². The number of furan rings is 4. The Morgan fingerprint density at radius 2 is 0.842 bits per heavy atom. The minimum atomic E-state index is -1.05. The van der Waals surface area contributed by atoms with Gasteiger partial charge in [0.2, 0.25) is 0 Å². The first-order chi connectivity index (χ1) is 65.6. The number of hydrogen-bond donors (Lipinski definition) is 2.